The number of nitrogens with two attached hydrogens (primary N) is 1. The fraction of sp³-hybridized carbons (Fsp3) is 0.118. The van der Waals surface area contributed by atoms with E-state index in [9.17, 15) is 4.79 Å². The van der Waals surface area contributed by atoms with Crippen LogP contribution in [-0.4, -0.2) is 24.9 Å². The van der Waals surface area contributed by atoms with Crippen LogP contribution in [-0.2, 0) is 10.5 Å². The monoisotopic (exact) mass is 320 g/mol. The van der Waals surface area contributed by atoms with Gasteiger partial charge in [0.1, 0.15) is 0 Å². The molecule has 0 unspecified atom stereocenters. The first-order valence-electron chi connectivity index (χ1n) is 7.52. The number of carbonyl (C=O) groups is 1. The van der Waals surface area contributed by atoms with E-state index in [4.69, 9.17) is 5.73 Å². The van der Waals surface area contributed by atoms with Crippen molar-refractivity contribution in [3.8, 4) is 0 Å². The summed E-state index contributed by atoms with van der Waals surface area (Å²) in [5, 5.41) is 6.01. The number of fused-ring (bicyclic) bond motifs is 2. The van der Waals surface area contributed by atoms with Gasteiger partial charge in [0.2, 0.25) is 5.96 Å². The maximum absolute atomic E-state index is 12.9. The topological polar surface area (TPSA) is 95.1 Å². The lowest BCUT2D eigenvalue weighted by molar-refractivity contribution is -0.122. The molecule has 120 valence electrons. The van der Waals surface area contributed by atoms with Crippen LogP contribution < -0.4 is 21.3 Å². The predicted octanol–water partition coefficient (Wildman–Crippen LogP) is 1.20. The Hall–Kier alpha value is -3.35. The van der Waals surface area contributed by atoms with Crippen molar-refractivity contribution in [1.82, 2.24) is 5.32 Å². The molecule has 0 aliphatic carbocycles. The molecule has 2 aromatic rings. The highest BCUT2D eigenvalue weighted by molar-refractivity contribution is 6.14. The first-order valence-corrected chi connectivity index (χ1v) is 7.52. The van der Waals surface area contributed by atoms with Crippen LogP contribution in [0.3, 0.4) is 0 Å². The second-order valence-corrected chi connectivity index (χ2v) is 5.63. The molecule has 7 heteroatoms. The minimum absolute atomic E-state index is 0.141. The van der Waals surface area contributed by atoms with Crippen molar-refractivity contribution in [2.24, 2.45) is 15.7 Å². The first-order chi connectivity index (χ1) is 11.6. The Balaban J connectivity index is 1.82. The minimum atomic E-state index is -1.38. The zero-order valence-electron chi connectivity index (χ0n) is 13.0. The number of nitrogens with zero attached hydrogens (tertiary/aromatic N) is 3. The van der Waals surface area contributed by atoms with Crippen LogP contribution in [0, 0.1) is 0 Å². The third kappa shape index (κ3) is 2.02. The lowest BCUT2D eigenvalue weighted by Crippen LogP contribution is -2.50. The molecule has 7 nitrogen and oxygen atoms in total. The number of aliphatic imine (C=N–C) groups is 2. The molecular weight excluding hydrogens is 304 g/mol. The summed E-state index contributed by atoms with van der Waals surface area (Å²) in [5.41, 5.74) is 6.90. The molecule has 1 amide bonds. The summed E-state index contributed by atoms with van der Waals surface area (Å²) < 4.78 is 0. The molecule has 1 atom stereocenters. The van der Waals surface area contributed by atoms with Crippen molar-refractivity contribution in [1.29, 1.82) is 0 Å². The van der Waals surface area contributed by atoms with E-state index in [1.807, 2.05) is 54.6 Å². The molecular formula is C17H16N6O. The smallest absolute Gasteiger partial charge is 0.282 e. The predicted molar refractivity (Wildman–Crippen MR) is 93.8 cm³/mol. The SMILES string of the molecule is CN1C(=O)[C@]2(N=C(N)NC(Nc3ccccc3)=N2)c2ccccc21. The lowest BCUT2D eigenvalue weighted by atomic mass is 10.0. The highest BCUT2D eigenvalue weighted by Gasteiger charge is 2.52. The number of rotatable bonds is 1. The Morgan fingerprint density at radius 2 is 1.79 bits per heavy atom. The largest absolute Gasteiger partial charge is 0.370 e. The molecule has 24 heavy (non-hydrogen) atoms. The summed E-state index contributed by atoms with van der Waals surface area (Å²) in [5.74, 6) is 0.287. The van der Waals surface area contributed by atoms with Gasteiger partial charge in [-0.1, -0.05) is 36.4 Å². The van der Waals surface area contributed by atoms with Crippen LogP contribution in [0.2, 0.25) is 0 Å². The van der Waals surface area contributed by atoms with Crippen molar-refractivity contribution in [3.63, 3.8) is 0 Å². The minimum Gasteiger partial charge on any atom is -0.370 e. The van der Waals surface area contributed by atoms with Crippen molar-refractivity contribution in [2.45, 2.75) is 5.66 Å². The van der Waals surface area contributed by atoms with Gasteiger partial charge in [0.05, 0.1) is 5.69 Å². The van der Waals surface area contributed by atoms with Gasteiger partial charge in [0, 0.05) is 18.3 Å². The lowest BCUT2D eigenvalue weighted by Gasteiger charge is -2.26. The molecule has 0 fully saturated rings. The number of hydrogen-bond acceptors (Lipinski definition) is 6. The van der Waals surface area contributed by atoms with Crippen LogP contribution in [0.5, 0.6) is 0 Å². The summed E-state index contributed by atoms with van der Waals surface area (Å²) in [6.45, 7) is 0. The second kappa shape index (κ2) is 5.09. The van der Waals surface area contributed by atoms with Gasteiger partial charge in [-0.3, -0.25) is 10.1 Å². The third-order valence-electron chi connectivity index (χ3n) is 4.08. The summed E-state index contributed by atoms with van der Waals surface area (Å²) in [7, 11) is 1.71. The van der Waals surface area contributed by atoms with E-state index >= 15 is 0 Å². The molecule has 2 heterocycles. The van der Waals surface area contributed by atoms with E-state index in [1.165, 1.54) is 0 Å². The molecule has 0 bridgehead atoms. The Morgan fingerprint density at radius 3 is 2.58 bits per heavy atom. The molecule has 2 aliphatic rings. The van der Waals surface area contributed by atoms with Crippen LogP contribution in [0.25, 0.3) is 0 Å². The number of amides is 1. The fourth-order valence-corrected chi connectivity index (χ4v) is 2.99. The van der Waals surface area contributed by atoms with E-state index < -0.39 is 5.66 Å². The third-order valence-corrected chi connectivity index (χ3v) is 4.08. The molecule has 2 aromatic carbocycles. The number of anilines is 2. The van der Waals surface area contributed by atoms with Crippen molar-refractivity contribution >= 4 is 29.2 Å². The quantitative estimate of drug-likeness (QED) is 0.736. The van der Waals surface area contributed by atoms with Crippen molar-refractivity contribution in [3.05, 3.63) is 60.2 Å². The van der Waals surface area contributed by atoms with Crippen molar-refractivity contribution < 1.29 is 4.79 Å². The molecule has 4 rings (SSSR count). The van der Waals surface area contributed by atoms with E-state index in [-0.39, 0.29) is 11.9 Å². The van der Waals surface area contributed by atoms with E-state index in [1.54, 1.807) is 11.9 Å². The summed E-state index contributed by atoms with van der Waals surface area (Å²) >= 11 is 0. The normalized spacial score (nSPS) is 21.9. The Bertz CT molecular complexity index is 876. The van der Waals surface area contributed by atoms with Crippen LogP contribution in [0.1, 0.15) is 5.56 Å². The average Bonchev–Trinajstić information content (AvgIpc) is 2.78. The van der Waals surface area contributed by atoms with Crippen LogP contribution >= 0.6 is 0 Å². The number of likely N-dealkylation sites (N-methyl/N-ethyl adjacent to an activating group) is 1. The van der Waals surface area contributed by atoms with E-state index in [0.29, 0.717) is 11.5 Å². The van der Waals surface area contributed by atoms with E-state index in [0.717, 1.165) is 11.4 Å². The molecule has 2 aliphatic heterocycles. The highest BCUT2D eigenvalue weighted by Crippen LogP contribution is 2.43. The first kappa shape index (κ1) is 14.3. The second-order valence-electron chi connectivity index (χ2n) is 5.63. The van der Waals surface area contributed by atoms with Gasteiger partial charge in [-0.15, -0.1) is 0 Å². The van der Waals surface area contributed by atoms with Gasteiger partial charge in [0.25, 0.3) is 11.6 Å². The fourth-order valence-electron chi connectivity index (χ4n) is 2.99. The van der Waals surface area contributed by atoms with Gasteiger partial charge in [-0.25, -0.2) is 9.98 Å². The zero-order chi connectivity index (χ0) is 16.7. The Kier molecular flexibility index (Phi) is 3.02. The van der Waals surface area contributed by atoms with Crippen LogP contribution in [0.4, 0.5) is 11.4 Å². The number of para-hydroxylation sites is 2. The van der Waals surface area contributed by atoms with Crippen molar-refractivity contribution in [2.75, 3.05) is 17.3 Å². The Labute approximate surface area is 138 Å². The van der Waals surface area contributed by atoms with Crippen LogP contribution in [0.15, 0.2) is 64.6 Å². The van der Waals surface area contributed by atoms with E-state index in [2.05, 4.69) is 20.6 Å². The summed E-state index contributed by atoms with van der Waals surface area (Å²) in [4.78, 5) is 23.3. The standard InChI is InChI=1S/C17H16N6O/c1-23-13-10-6-5-9-12(13)17(14(23)24)21-15(18)20-16(22-17)19-11-7-3-2-4-8-11/h2-10H,1H3,(H4,18,19,20,21,22)/t17-/m0/s1. The summed E-state index contributed by atoms with van der Waals surface area (Å²) in [6.07, 6.45) is 0. The van der Waals surface area contributed by atoms with Gasteiger partial charge in [-0.05, 0) is 18.2 Å². The van der Waals surface area contributed by atoms with Gasteiger partial charge in [-0.2, -0.15) is 0 Å². The summed E-state index contributed by atoms with van der Waals surface area (Å²) in [6, 6.07) is 17.0. The van der Waals surface area contributed by atoms with Gasteiger partial charge >= 0.3 is 0 Å². The number of guanidine groups is 2. The number of benzene rings is 2. The molecule has 4 N–H and O–H groups in total. The number of carbonyl (C=O) groups excluding carboxylic acids is 1. The van der Waals surface area contributed by atoms with Gasteiger partial charge in [0.15, 0.2) is 5.96 Å². The maximum Gasteiger partial charge on any atom is 0.282 e. The maximum atomic E-state index is 12.9. The Morgan fingerprint density at radius 1 is 1.08 bits per heavy atom. The average molecular weight is 320 g/mol. The number of hydrogen-bond donors (Lipinski definition) is 3. The molecule has 0 aromatic heterocycles. The molecule has 0 radical (unpaired) electrons. The molecule has 1 spiro atoms. The van der Waals surface area contributed by atoms with Gasteiger partial charge < -0.3 is 16.0 Å². The highest BCUT2D eigenvalue weighted by atomic mass is 16.2. The molecule has 0 saturated heterocycles. The zero-order valence-corrected chi connectivity index (χ0v) is 13.0. The molecule has 0 saturated carbocycles. The number of nitrogens with one attached hydrogen (secondary N) is 2.